The first kappa shape index (κ1) is 19.3. The zero-order valence-corrected chi connectivity index (χ0v) is 16.7. The molecule has 0 radical (unpaired) electrons. The van der Waals surface area contributed by atoms with Gasteiger partial charge in [0.1, 0.15) is 11.6 Å². The van der Waals surface area contributed by atoms with Gasteiger partial charge < -0.3 is 9.42 Å². The predicted molar refractivity (Wildman–Crippen MR) is 108 cm³/mol. The Balaban J connectivity index is 1.44. The minimum Gasteiger partial charge on any atom is -0.361 e. The van der Waals surface area contributed by atoms with Crippen molar-refractivity contribution in [3.05, 3.63) is 71.1 Å². The van der Waals surface area contributed by atoms with E-state index in [1.165, 1.54) is 12.1 Å². The summed E-state index contributed by atoms with van der Waals surface area (Å²) in [7, 11) is 0. The molecule has 2 aromatic heterocycles. The summed E-state index contributed by atoms with van der Waals surface area (Å²) in [5, 5.41) is 4.01. The second-order valence-corrected chi connectivity index (χ2v) is 7.65. The molecule has 0 saturated carbocycles. The molecule has 0 aliphatic carbocycles. The van der Waals surface area contributed by atoms with Crippen LogP contribution in [0.15, 0.2) is 47.1 Å². The Hall–Kier alpha value is -3.02. The van der Waals surface area contributed by atoms with Crippen LogP contribution in [0.25, 0.3) is 11.1 Å². The Morgan fingerprint density at radius 3 is 2.66 bits per heavy atom. The summed E-state index contributed by atoms with van der Waals surface area (Å²) in [6.07, 6.45) is 4.12. The van der Waals surface area contributed by atoms with E-state index in [1.54, 1.807) is 12.1 Å². The van der Waals surface area contributed by atoms with Crippen LogP contribution in [-0.4, -0.2) is 34.0 Å². The van der Waals surface area contributed by atoms with Gasteiger partial charge in [-0.1, -0.05) is 23.4 Å². The molecule has 0 spiro atoms. The normalized spacial score (nSPS) is 16.8. The van der Waals surface area contributed by atoms with Gasteiger partial charge >= 0.3 is 0 Å². The first-order valence-corrected chi connectivity index (χ1v) is 9.92. The van der Waals surface area contributed by atoms with Gasteiger partial charge in [-0.05, 0) is 50.5 Å². The average Bonchev–Trinajstić information content (AvgIpc) is 3.08. The number of likely N-dealkylation sites (tertiary alicyclic amines) is 1. The van der Waals surface area contributed by atoms with E-state index in [0.29, 0.717) is 13.0 Å². The number of nitrogens with zero attached hydrogens (tertiary/aromatic N) is 3. The number of piperidine rings is 1. The summed E-state index contributed by atoms with van der Waals surface area (Å²) in [4.78, 5) is 19.3. The van der Waals surface area contributed by atoms with Crippen LogP contribution in [0.4, 0.5) is 4.39 Å². The lowest BCUT2D eigenvalue weighted by Crippen LogP contribution is -2.40. The molecule has 1 amide bonds. The van der Waals surface area contributed by atoms with Crippen molar-refractivity contribution in [2.45, 2.75) is 39.0 Å². The monoisotopic (exact) mass is 393 g/mol. The Kier molecular flexibility index (Phi) is 5.43. The largest absolute Gasteiger partial charge is 0.361 e. The molecule has 1 unspecified atom stereocenters. The molecule has 150 valence electrons. The fourth-order valence-electron chi connectivity index (χ4n) is 4.02. The third kappa shape index (κ3) is 4.21. The maximum absolute atomic E-state index is 13.1. The number of carbonyl (C=O) groups excluding carboxylic acids is 1. The number of rotatable bonds is 4. The molecule has 29 heavy (non-hydrogen) atoms. The van der Waals surface area contributed by atoms with Crippen molar-refractivity contribution in [2.24, 2.45) is 0 Å². The van der Waals surface area contributed by atoms with Crippen molar-refractivity contribution < 1.29 is 13.7 Å². The summed E-state index contributed by atoms with van der Waals surface area (Å²) in [5.74, 6) is 0.797. The maximum atomic E-state index is 13.1. The minimum absolute atomic E-state index is 0.0775. The van der Waals surface area contributed by atoms with Gasteiger partial charge in [-0.25, -0.2) is 4.39 Å². The van der Waals surface area contributed by atoms with E-state index in [2.05, 4.69) is 10.1 Å². The van der Waals surface area contributed by atoms with Crippen LogP contribution in [0.2, 0.25) is 0 Å². The summed E-state index contributed by atoms with van der Waals surface area (Å²) in [5.41, 5.74) is 4.67. The Morgan fingerprint density at radius 2 is 2.00 bits per heavy atom. The van der Waals surface area contributed by atoms with E-state index >= 15 is 0 Å². The van der Waals surface area contributed by atoms with E-state index < -0.39 is 0 Å². The van der Waals surface area contributed by atoms with Gasteiger partial charge in [-0.3, -0.25) is 9.78 Å². The number of benzene rings is 1. The van der Waals surface area contributed by atoms with Crippen LogP contribution in [0.3, 0.4) is 0 Å². The van der Waals surface area contributed by atoms with Crippen LogP contribution in [0.5, 0.6) is 0 Å². The van der Waals surface area contributed by atoms with Gasteiger partial charge in [-0.2, -0.15) is 0 Å². The summed E-state index contributed by atoms with van der Waals surface area (Å²) < 4.78 is 18.3. The fraction of sp³-hybridized carbons (Fsp3) is 0.348. The van der Waals surface area contributed by atoms with Crippen molar-refractivity contribution in [2.75, 3.05) is 13.1 Å². The Labute approximate surface area is 169 Å². The van der Waals surface area contributed by atoms with Crippen molar-refractivity contribution in [3.8, 4) is 11.1 Å². The van der Waals surface area contributed by atoms with E-state index in [4.69, 9.17) is 4.52 Å². The standard InChI is InChI=1S/C23H24FN3O2/c1-15-23(16(2)29-26-15)18-7-10-21(25-13-18)19-4-3-11-27(14-19)22(28)12-17-5-8-20(24)9-6-17/h5-10,13,19H,3-4,11-12,14H2,1-2H3. The number of aryl methyl sites for hydroxylation is 2. The highest BCUT2D eigenvalue weighted by Crippen LogP contribution is 2.30. The highest BCUT2D eigenvalue weighted by molar-refractivity contribution is 5.79. The molecular formula is C23H24FN3O2. The van der Waals surface area contributed by atoms with Crippen molar-refractivity contribution in [1.29, 1.82) is 0 Å². The van der Waals surface area contributed by atoms with E-state index in [-0.39, 0.29) is 17.6 Å². The number of hydrogen-bond acceptors (Lipinski definition) is 4. The number of halogens is 1. The number of amides is 1. The van der Waals surface area contributed by atoms with Gasteiger partial charge in [0.15, 0.2) is 0 Å². The SMILES string of the molecule is Cc1noc(C)c1-c1ccc(C2CCCN(C(=O)Cc3ccc(F)cc3)C2)nc1. The van der Waals surface area contributed by atoms with Crippen molar-refractivity contribution in [3.63, 3.8) is 0 Å². The molecule has 4 rings (SSSR count). The fourth-order valence-corrected chi connectivity index (χ4v) is 4.02. The third-order valence-corrected chi connectivity index (χ3v) is 5.57. The number of hydrogen-bond donors (Lipinski definition) is 0. The molecule has 1 saturated heterocycles. The quantitative estimate of drug-likeness (QED) is 0.657. The van der Waals surface area contributed by atoms with Crippen LogP contribution < -0.4 is 0 Å². The molecule has 0 N–H and O–H groups in total. The molecule has 1 atom stereocenters. The average molecular weight is 393 g/mol. The molecule has 3 aromatic rings. The smallest absolute Gasteiger partial charge is 0.227 e. The van der Waals surface area contributed by atoms with Crippen LogP contribution in [0, 0.1) is 19.7 Å². The Bertz CT molecular complexity index is 976. The molecular weight excluding hydrogens is 369 g/mol. The van der Waals surface area contributed by atoms with E-state index in [0.717, 1.165) is 53.2 Å². The highest BCUT2D eigenvalue weighted by atomic mass is 19.1. The van der Waals surface area contributed by atoms with Crippen molar-refractivity contribution in [1.82, 2.24) is 15.0 Å². The van der Waals surface area contributed by atoms with Gasteiger partial charge in [0.2, 0.25) is 5.91 Å². The van der Waals surface area contributed by atoms with Gasteiger partial charge in [0.05, 0.1) is 12.1 Å². The lowest BCUT2D eigenvalue weighted by atomic mass is 9.93. The summed E-state index contributed by atoms with van der Waals surface area (Å²) in [6, 6.07) is 10.2. The maximum Gasteiger partial charge on any atom is 0.227 e. The zero-order valence-electron chi connectivity index (χ0n) is 16.7. The number of pyridine rings is 1. The first-order chi connectivity index (χ1) is 14.0. The molecule has 0 bridgehead atoms. The van der Waals surface area contributed by atoms with Crippen molar-refractivity contribution >= 4 is 5.91 Å². The van der Waals surface area contributed by atoms with Crippen LogP contribution in [-0.2, 0) is 11.2 Å². The number of carbonyl (C=O) groups is 1. The molecule has 6 heteroatoms. The molecule has 1 aliphatic rings. The minimum atomic E-state index is -0.287. The lowest BCUT2D eigenvalue weighted by Gasteiger charge is -2.32. The predicted octanol–water partition coefficient (Wildman–Crippen LogP) is 4.44. The molecule has 1 aromatic carbocycles. The van der Waals surface area contributed by atoms with Crippen LogP contribution in [0.1, 0.15) is 41.5 Å². The second kappa shape index (κ2) is 8.15. The molecule has 1 fully saturated rings. The second-order valence-electron chi connectivity index (χ2n) is 7.65. The molecule has 3 heterocycles. The van der Waals surface area contributed by atoms with Gasteiger partial charge in [-0.15, -0.1) is 0 Å². The van der Waals surface area contributed by atoms with E-state index in [9.17, 15) is 9.18 Å². The Morgan fingerprint density at radius 1 is 1.21 bits per heavy atom. The third-order valence-electron chi connectivity index (χ3n) is 5.57. The summed E-state index contributed by atoms with van der Waals surface area (Å²) >= 11 is 0. The summed E-state index contributed by atoms with van der Waals surface area (Å²) in [6.45, 7) is 5.24. The molecule has 1 aliphatic heterocycles. The number of aromatic nitrogens is 2. The lowest BCUT2D eigenvalue weighted by molar-refractivity contribution is -0.131. The van der Waals surface area contributed by atoms with Crippen LogP contribution >= 0.6 is 0 Å². The highest BCUT2D eigenvalue weighted by Gasteiger charge is 2.26. The van der Waals surface area contributed by atoms with E-state index in [1.807, 2.05) is 37.1 Å². The topological polar surface area (TPSA) is 59.2 Å². The zero-order chi connectivity index (χ0) is 20.4. The first-order valence-electron chi connectivity index (χ1n) is 9.92. The van der Waals surface area contributed by atoms with Gasteiger partial charge in [0.25, 0.3) is 0 Å². The van der Waals surface area contributed by atoms with Gasteiger partial charge in [0, 0.05) is 42.0 Å². The molecule has 5 nitrogen and oxygen atoms in total.